The molecule has 0 aliphatic carbocycles. The van der Waals surface area contributed by atoms with Crippen molar-refractivity contribution in [2.75, 3.05) is 11.1 Å². The van der Waals surface area contributed by atoms with E-state index in [4.69, 9.17) is 4.42 Å². The van der Waals surface area contributed by atoms with E-state index in [1.54, 1.807) is 0 Å². The summed E-state index contributed by atoms with van der Waals surface area (Å²) in [6.45, 7) is 0. The van der Waals surface area contributed by atoms with E-state index in [0.29, 0.717) is 16.2 Å². The minimum Gasteiger partial charge on any atom is -0.410 e. The molecule has 0 aliphatic heterocycles. The lowest BCUT2D eigenvalue weighted by atomic mass is 10.2. The van der Waals surface area contributed by atoms with Gasteiger partial charge < -0.3 is 9.73 Å². The number of nitrogens with zero attached hydrogens (tertiary/aromatic N) is 3. The third kappa shape index (κ3) is 4.01. The van der Waals surface area contributed by atoms with Crippen LogP contribution in [-0.4, -0.2) is 26.8 Å². The number of carbonyl (C=O) groups excluding carboxylic acids is 1. The van der Waals surface area contributed by atoms with Crippen LogP contribution in [0.25, 0.3) is 22.0 Å². The number of nitrogens with one attached hydrogen (secondary N) is 1. The molecular formula is C17H12N4O2S3. The molecule has 4 aromatic rings. The van der Waals surface area contributed by atoms with Gasteiger partial charge in [-0.3, -0.25) is 4.79 Å². The molecule has 0 saturated heterocycles. The summed E-state index contributed by atoms with van der Waals surface area (Å²) >= 11 is 4.12. The fraction of sp³-hybridized carbons (Fsp3) is 0.0588. The number of hydrogen-bond donors (Lipinski definition) is 1. The molecule has 4 rings (SSSR count). The Morgan fingerprint density at radius 3 is 2.81 bits per heavy atom. The van der Waals surface area contributed by atoms with Crippen molar-refractivity contribution in [3.05, 3.63) is 53.2 Å². The summed E-state index contributed by atoms with van der Waals surface area (Å²) in [7, 11) is 0. The maximum Gasteiger partial charge on any atom is 0.277 e. The fourth-order valence-corrected chi connectivity index (χ4v) is 4.07. The van der Waals surface area contributed by atoms with Crippen molar-refractivity contribution in [1.82, 2.24) is 15.2 Å². The van der Waals surface area contributed by atoms with E-state index >= 15 is 0 Å². The van der Waals surface area contributed by atoms with Gasteiger partial charge in [0.25, 0.3) is 11.1 Å². The lowest BCUT2D eigenvalue weighted by molar-refractivity contribution is -0.113. The highest BCUT2D eigenvalue weighted by molar-refractivity contribution is 7.99. The van der Waals surface area contributed by atoms with Gasteiger partial charge in [-0.05, 0) is 11.4 Å². The highest BCUT2D eigenvalue weighted by Crippen LogP contribution is 2.27. The molecule has 0 spiro atoms. The van der Waals surface area contributed by atoms with Crippen LogP contribution < -0.4 is 5.32 Å². The SMILES string of the molecule is O=C(CSc1nnc(-c2cccs2)o1)Nc1nc(-c2ccccc2)cs1. The Bertz CT molecular complexity index is 996. The average molecular weight is 401 g/mol. The maximum absolute atomic E-state index is 12.1. The molecule has 1 amide bonds. The number of thiazole rings is 1. The van der Waals surface area contributed by atoms with Gasteiger partial charge >= 0.3 is 0 Å². The Morgan fingerprint density at radius 1 is 1.12 bits per heavy atom. The van der Waals surface area contributed by atoms with Crippen LogP contribution in [0.5, 0.6) is 0 Å². The van der Waals surface area contributed by atoms with Gasteiger partial charge in [0.1, 0.15) is 0 Å². The zero-order valence-corrected chi connectivity index (χ0v) is 15.7. The topological polar surface area (TPSA) is 80.9 Å². The van der Waals surface area contributed by atoms with Gasteiger partial charge in [0.2, 0.25) is 5.91 Å². The van der Waals surface area contributed by atoms with Crippen molar-refractivity contribution < 1.29 is 9.21 Å². The number of amides is 1. The van der Waals surface area contributed by atoms with Gasteiger partial charge in [0.15, 0.2) is 5.13 Å². The van der Waals surface area contributed by atoms with Crippen LogP contribution >= 0.6 is 34.4 Å². The number of aromatic nitrogens is 3. The van der Waals surface area contributed by atoms with E-state index in [0.717, 1.165) is 16.1 Å². The van der Waals surface area contributed by atoms with Crippen LogP contribution in [0.3, 0.4) is 0 Å². The molecule has 3 heterocycles. The fourth-order valence-electron chi connectivity index (χ4n) is 2.12. The summed E-state index contributed by atoms with van der Waals surface area (Å²) in [6.07, 6.45) is 0. The van der Waals surface area contributed by atoms with Gasteiger partial charge in [-0.25, -0.2) is 4.98 Å². The highest BCUT2D eigenvalue weighted by atomic mass is 32.2. The Kier molecular flexibility index (Phi) is 5.09. The van der Waals surface area contributed by atoms with Crippen molar-refractivity contribution in [3.63, 3.8) is 0 Å². The van der Waals surface area contributed by atoms with Crippen LogP contribution in [0.1, 0.15) is 0 Å². The molecular weight excluding hydrogens is 388 g/mol. The van der Waals surface area contributed by atoms with Gasteiger partial charge in [0.05, 0.1) is 16.3 Å². The lowest BCUT2D eigenvalue weighted by Crippen LogP contribution is -2.13. The summed E-state index contributed by atoms with van der Waals surface area (Å²) in [5.41, 5.74) is 1.86. The first-order valence-electron chi connectivity index (χ1n) is 7.59. The molecule has 130 valence electrons. The van der Waals surface area contributed by atoms with E-state index in [9.17, 15) is 4.79 Å². The lowest BCUT2D eigenvalue weighted by Gasteiger charge is -1.99. The van der Waals surface area contributed by atoms with E-state index < -0.39 is 0 Å². The Balaban J connectivity index is 1.33. The summed E-state index contributed by atoms with van der Waals surface area (Å²) < 4.78 is 5.55. The molecule has 0 aliphatic rings. The normalized spacial score (nSPS) is 10.8. The molecule has 6 nitrogen and oxygen atoms in total. The van der Waals surface area contributed by atoms with E-state index in [1.165, 1.54) is 34.4 Å². The second-order valence-electron chi connectivity index (χ2n) is 5.09. The summed E-state index contributed by atoms with van der Waals surface area (Å²) in [4.78, 5) is 17.5. The number of thiophene rings is 1. The smallest absolute Gasteiger partial charge is 0.277 e. The molecule has 1 N–H and O–H groups in total. The second-order valence-corrected chi connectivity index (χ2v) is 7.82. The molecule has 0 unspecified atom stereocenters. The third-order valence-electron chi connectivity index (χ3n) is 3.29. The third-order valence-corrected chi connectivity index (χ3v) is 5.72. The monoisotopic (exact) mass is 400 g/mol. The minimum absolute atomic E-state index is 0.167. The van der Waals surface area contributed by atoms with Crippen molar-refractivity contribution in [2.24, 2.45) is 0 Å². The van der Waals surface area contributed by atoms with Crippen LogP contribution in [0, 0.1) is 0 Å². The van der Waals surface area contributed by atoms with Crippen molar-refractivity contribution in [1.29, 1.82) is 0 Å². The summed E-state index contributed by atoms with van der Waals surface area (Å²) in [5.74, 6) is 0.474. The largest absolute Gasteiger partial charge is 0.410 e. The van der Waals surface area contributed by atoms with Crippen LogP contribution in [0.15, 0.2) is 62.9 Å². The van der Waals surface area contributed by atoms with E-state index in [1.807, 2.05) is 53.2 Å². The average Bonchev–Trinajstić information content (AvgIpc) is 3.41. The van der Waals surface area contributed by atoms with E-state index in [-0.39, 0.29) is 11.7 Å². The summed E-state index contributed by atoms with van der Waals surface area (Å²) in [6, 6.07) is 13.7. The van der Waals surface area contributed by atoms with Crippen LogP contribution in [0.2, 0.25) is 0 Å². The molecule has 0 radical (unpaired) electrons. The standard InChI is InChI=1S/C17H12N4O2S3/c22-14(10-26-17-21-20-15(23-17)13-7-4-8-24-13)19-16-18-12(9-25-16)11-5-2-1-3-6-11/h1-9H,10H2,(H,18,19,22). The zero-order chi connectivity index (χ0) is 17.8. The molecule has 0 atom stereocenters. The number of anilines is 1. The zero-order valence-electron chi connectivity index (χ0n) is 13.3. The highest BCUT2D eigenvalue weighted by Gasteiger charge is 2.13. The predicted octanol–water partition coefficient (Wildman–Crippen LogP) is 4.65. The van der Waals surface area contributed by atoms with Crippen molar-refractivity contribution >= 4 is 45.5 Å². The Morgan fingerprint density at radius 2 is 2.00 bits per heavy atom. The number of thioether (sulfide) groups is 1. The molecule has 0 saturated carbocycles. The second kappa shape index (κ2) is 7.81. The first-order valence-corrected chi connectivity index (χ1v) is 10.3. The van der Waals surface area contributed by atoms with Gasteiger partial charge in [-0.15, -0.1) is 32.9 Å². The number of hydrogen-bond acceptors (Lipinski definition) is 8. The van der Waals surface area contributed by atoms with Crippen molar-refractivity contribution in [2.45, 2.75) is 5.22 Å². The van der Waals surface area contributed by atoms with E-state index in [2.05, 4.69) is 20.5 Å². The Hall–Kier alpha value is -2.49. The first-order chi connectivity index (χ1) is 12.8. The number of benzene rings is 1. The Labute approximate surface area is 161 Å². The molecule has 1 aromatic carbocycles. The molecule has 26 heavy (non-hydrogen) atoms. The van der Waals surface area contributed by atoms with Crippen LogP contribution in [-0.2, 0) is 4.79 Å². The molecule has 9 heteroatoms. The first kappa shape index (κ1) is 17.0. The van der Waals surface area contributed by atoms with Gasteiger partial charge in [-0.1, -0.05) is 48.2 Å². The number of rotatable bonds is 6. The van der Waals surface area contributed by atoms with Crippen molar-refractivity contribution in [3.8, 4) is 22.0 Å². The number of carbonyl (C=O) groups is 1. The van der Waals surface area contributed by atoms with Gasteiger partial charge in [0, 0.05) is 10.9 Å². The minimum atomic E-state index is -0.167. The maximum atomic E-state index is 12.1. The quantitative estimate of drug-likeness (QED) is 0.474. The summed E-state index contributed by atoms with van der Waals surface area (Å²) in [5, 5.41) is 15.5. The molecule has 0 fully saturated rings. The van der Waals surface area contributed by atoms with Crippen LogP contribution in [0.4, 0.5) is 5.13 Å². The molecule has 3 aromatic heterocycles. The molecule has 0 bridgehead atoms. The van der Waals surface area contributed by atoms with Gasteiger partial charge in [-0.2, -0.15) is 0 Å². The predicted molar refractivity (Wildman–Crippen MR) is 105 cm³/mol.